The maximum atomic E-state index is 14.4. The van der Waals surface area contributed by atoms with E-state index in [0.717, 1.165) is 4.90 Å². The lowest BCUT2D eigenvalue weighted by atomic mass is 10.0. The standard InChI is InChI=1S/C40H56N8O11S/c1-23(2)17-28(37(56)45-27(35(42)54)15-16-60-4)44-32(49)22-43-39(58)31(19-25-13-9-6-10-14-25)48(3)40(59)30(18-24-11-7-5-8-12-24)47-38(57)29(21-34(52)53)46-36(55)26(41)20-33(50)51/h5-14,23,26-31H,15-22,41H2,1-4H3,(H2,42,54)(H,43,58)(H,44,49)(H,45,56)(H,46,55)(H,47,57)(H,50,51)(H,52,53)/t26-,27-,28-,29-,30-,31-/m0/s1. The highest BCUT2D eigenvalue weighted by molar-refractivity contribution is 7.98. The Labute approximate surface area is 352 Å². The van der Waals surface area contributed by atoms with Crippen LogP contribution in [0.1, 0.15) is 50.7 Å². The van der Waals surface area contributed by atoms with Gasteiger partial charge in [-0.2, -0.15) is 11.8 Å². The number of benzene rings is 2. The van der Waals surface area contributed by atoms with Crippen LogP contribution in [0.3, 0.4) is 0 Å². The predicted octanol–water partition coefficient (Wildman–Crippen LogP) is -1.08. The number of likely N-dealkylation sites (N-methyl/N-ethyl adjacent to an activating group) is 1. The molecule has 0 spiro atoms. The molecule has 60 heavy (non-hydrogen) atoms. The number of hydrogen-bond acceptors (Lipinski definition) is 11. The minimum atomic E-state index is -1.77. The van der Waals surface area contributed by atoms with E-state index < -0.39 is 109 Å². The summed E-state index contributed by atoms with van der Waals surface area (Å²) in [4.78, 5) is 117. The fourth-order valence-corrected chi connectivity index (χ4v) is 6.41. The molecular weight excluding hydrogens is 801 g/mol. The SMILES string of the molecule is CSCC[C@H](NC(=O)[C@H](CC(C)C)NC(=O)CNC(=O)[C@H](Cc1ccccc1)N(C)C(=O)[C@H](Cc1ccccc1)NC(=O)[C@H](CC(=O)O)NC(=O)[C@@H](N)CC(=O)O)C(N)=O. The molecule has 0 bridgehead atoms. The molecule has 0 saturated heterocycles. The van der Waals surface area contributed by atoms with Crippen molar-refractivity contribution in [3.63, 3.8) is 0 Å². The molecule has 11 N–H and O–H groups in total. The molecule has 6 atom stereocenters. The van der Waals surface area contributed by atoms with Crippen LogP contribution in [0.2, 0.25) is 0 Å². The van der Waals surface area contributed by atoms with Crippen LogP contribution in [0, 0.1) is 5.92 Å². The maximum Gasteiger partial charge on any atom is 0.305 e. The highest BCUT2D eigenvalue weighted by atomic mass is 32.2. The van der Waals surface area contributed by atoms with Gasteiger partial charge in [-0.25, -0.2) is 0 Å². The number of primary amides is 1. The number of nitrogens with two attached hydrogens (primary N) is 2. The van der Waals surface area contributed by atoms with Crippen molar-refractivity contribution in [3.05, 3.63) is 71.8 Å². The zero-order valence-corrected chi connectivity index (χ0v) is 34.9. The van der Waals surface area contributed by atoms with Gasteiger partial charge in [-0.15, -0.1) is 0 Å². The molecule has 0 saturated carbocycles. The largest absolute Gasteiger partial charge is 0.481 e. The molecule has 2 aromatic carbocycles. The van der Waals surface area contributed by atoms with Crippen molar-refractivity contribution in [2.24, 2.45) is 17.4 Å². The van der Waals surface area contributed by atoms with Gasteiger partial charge in [-0.1, -0.05) is 74.5 Å². The molecule has 2 rings (SSSR count). The number of hydrogen-bond donors (Lipinski definition) is 9. The number of thioether (sulfide) groups is 1. The van der Waals surface area contributed by atoms with Gasteiger partial charge >= 0.3 is 11.9 Å². The van der Waals surface area contributed by atoms with Gasteiger partial charge in [-0.3, -0.25) is 43.2 Å². The Bertz CT molecular complexity index is 1800. The number of aliphatic carboxylic acids is 2. The molecule has 2 aromatic rings. The number of carboxylic acids is 2. The summed E-state index contributed by atoms with van der Waals surface area (Å²) in [5, 5.41) is 30.9. The summed E-state index contributed by atoms with van der Waals surface area (Å²) in [6.07, 6.45) is 0.391. The molecule has 0 aliphatic carbocycles. The number of carbonyl (C=O) groups excluding carboxylic acids is 7. The summed E-state index contributed by atoms with van der Waals surface area (Å²) in [6.45, 7) is 3.06. The molecule has 0 fully saturated rings. The smallest absolute Gasteiger partial charge is 0.305 e. The molecule has 0 heterocycles. The number of carbonyl (C=O) groups is 9. The molecule has 0 aromatic heterocycles. The third-order valence-corrected chi connectivity index (χ3v) is 9.73. The monoisotopic (exact) mass is 856 g/mol. The van der Waals surface area contributed by atoms with Crippen molar-refractivity contribution in [2.75, 3.05) is 25.6 Å². The minimum Gasteiger partial charge on any atom is -0.481 e. The second kappa shape index (κ2) is 25.5. The van der Waals surface area contributed by atoms with Crippen molar-refractivity contribution in [3.8, 4) is 0 Å². The van der Waals surface area contributed by atoms with Crippen LogP contribution < -0.4 is 38.1 Å². The Morgan fingerprint density at radius 2 is 1.20 bits per heavy atom. The number of amides is 7. The lowest BCUT2D eigenvalue weighted by molar-refractivity contribution is -0.144. The van der Waals surface area contributed by atoms with Crippen LogP contribution in [0.4, 0.5) is 0 Å². The molecule has 7 amide bonds. The summed E-state index contributed by atoms with van der Waals surface area (Å²) in [5.74, 6) is -8.26. The van der Waals surface area contributed by atoms with Crippen molar-refractivity contribution >= 4 is 65.1 Å². The van der Waals surface area contributed by atoms with E-state index in [4.69, 9.17) is 16.6 Å². The molecule has 19 nitrogen and oxygen atoms in total. The van der Waals surface area contributed by atoms with Crippen LogP contribution in [-0.2, 0) is 56.0 Å². The molecule has 0 aliphatic rings. The Morgan fingerprint density at radius 1 is 0.683 bits per heavy atom. The lowest BCUT2D eigenvalue weighted by Gasteiger charge is -2.32. The Balaban J connectivity index is 2.38. The summed E-state index contributed by atoms with van der Waals surface area (Å²) in [6, 6.07) is 8.96. The minimum absolute atomic E-state index is 0.0510. The van der Waals surface area contributed by atoms with E-state index in [1.54, 1.807) is 60.7 Å². The molecule has 0 unspecified atom stereocenters. The maximum absolute atomic E-state index is 14.4. The number of carboxylic acid groups (broad SMARTS) is 2. The molecular formula is C40H56N8O11S. The zero-order chi connectivity index (χ0) is 44.9. The lowest BCUT2D eigenvalue weighted by Crippen LogP contribution is -2.59. The number of nitrogens with one attached hydrogen (secondary N) is 5. The van der Waals surface area contributed by atoms with E-state index >= 15 is 0 Å². The van der Waals surface area contributed by atoms with Crippen molar-refractivity contribution < 1.29 is 53.4 Å². The van der Waals surface area contributed by atoms with Gasteiger partial charge in [0, 0.05) is 19.9 Å². The fourth-order valence-electron chi connectivity index (χ4n) is 5.93. The number of nitrogens with zero attached hydrogens (tertiary/aromatic N) is 1. The van der Waals surface area contributed by atoms with Crippen LogP contribution in [-0.4, -0.2) is 130 Å². The molecule has 0 aliphatic heterocycles. The fraction of sp³-hybridized carbons (Fsp3) is 0.475. The summed E-state index contributed by atoms with van der Waals surface area (Å²) >= 11 is 1.47. The third kappa shape index (κ3) is 17.9. The topological polar surface area (TPSA) is 310 Å². The van der Waals surface area contributed by atoms with Gasteiger partial charge in [-0.05, 0) is 41.9 Å². The van der Waals surface area contributed by atoms with Gasteiger partial charge in [0.25, 0.3) is 0 Å². The summed E-state index contributed by atoms with van der Waals surface area (Å²) in [5.41, 5.74) is 12.3. The molecule has 0 radical (unpaired) electrons. The van der Waals surface area contributed by atoms with E-state index in [1.807, 2.05) is 20.1 Å². The first-order valence-electron chi connectivity index (χ1n) is 19.1. The van der Waals surface area contributed by atoms with Crippen LogP contribution in [0.5, 0.6) is 0 Å². The van der Waals surface area contributed by atoms with E-state index in [9.17, 15) is 48.3 Å². The Kier molecular flexibility index (Phi) is 21.3. The van der Waals surface area contributed by atoms with Gasteiger partial charge in [0.15, 0.2) is 0 Å². The van der Waals surface area contributed by atoms with Gasteiger partial charge in [0.05, 0.1) is 25.4 Å². The first kappa shape index (κ1) is 50.1. The van der Waals surface area contributed by atoms with Crippen LogP contribution >= 0.6 is 11.8 Å². The van der Waals surface area contributed by atoms with E-state index in [1.165, 1.54) is 18.8 Å². The number of rotatable bonds is 26. The zero-order valence-electron chi connectivity index (χ0n) is 34.1. The van der Waals surface area contributed by atoms with E-state index in [2.05, 4.69) is 26.6 Å². The highest BCUT2D eigenvalue weighted by Crippen LogP contribution is 2.14. The van der Waals surface area contributed by atoms with E-state index in [0.29, 0.717) is 16.9 Å². The first-order chi connectivity index (χ1) is 28.3. The van der Waals surface area contributed by atoms with Crippen molar-refractivity contribution in [1.82, 2.24) is 31.5 Å². The molecule has 328 valence electrons. The van der Waals surface area contributed by atoms with Crippen LogP contribution in [0.25, 0.3) is 0 Å². The van der Waals surface area contributed by atoms with Crippen molar-refractivity contribution in [1.29, 1.82) is 0 Å². The third-order valence-electron chi connectivity index (χ3n) is 9.08. The Morgan fingerprint density at radius 3 is 1.72 bits per heavy atom. The van der Waals surface area contributed by atoms with Gasteiger partial charge in [0.2, 0.25) is 41.4 Å². The summed E-state index contributed by atoms with van der Waals surface area (Å²) < 4.78 is 0. The summed E-state index contributed by atoms with van der Waals surface area (Å²) in [7, 11) is 1.32. The van der Waals surface area contributed by atoms with E-state index in [-0.39, 0.29) is 31.6 Å². The normalized spacial score (nSPS) is 13.9. The predicted molar refractivity (Wildman–Crippen MR) is 222 cm³/mol. The average molecular weight is 857 g/mol. The van der Waals surface area contributed by atoms with Gasteiger partial charge < -0.3 is 53.2 Å². The Hall–Kier alpha value is -6.02. The average Bonchev–Trinajstić information content (AvgIpc) is 3.19. The second-order valence-corrected chi connectivity index (χ2v) is 15.5. The quantitative estimate of drug-likeness (QED) is 0.0545. The highest BCUT2D eigenvalue weighted by Gasteiger charge is 2.35. The second-order valence-electron chi connectivity index (χ2n) is 14.5. The van der Waals surface area contributed by atoms with Crippen molar-refractivity contribution in [2.45, 2.75) is 88.6 Å². The van der Waals surface area contributed by atoms with Crippen LogP contribution in [0.15, 0.2) is 60.7 Å². The molecule has 20 heteroatoms. The van der Waals surface area contributed by atoms with Gasteiger partial charge in [0.1, 0.15) is 30.2 Å². The first-order valence-corrected chi connectivity index (χ1v) is 20.5.